The number of nitrogens with one attached hydrogen (secondary N) is 1. The summed E-state index contributed by atoms with van der Waals surface area (Å²) >= 11 is 0. The first-order valence-electron chi connectivity index (χ1n) is 7.18. The topological polar surface area (TPSA) is 59.8 Å². The van der Waals surface area contributed by atoms with E-state index < -0.39 is 23.7 Å². The third kappa shape index (κ3) is 4.08. The fraction of sp³-hybridized carbons (Fsp3) is 0.400. The number of carbonyl (C=O) groups is 1. The van der Waals surface area contributed by atoms with E-state index in [4.69, 9.17) is 0 Å². The molecule has 23 heavy (non-hydrogen) atoms. The van der Waals surface area contributed by atoms with Gasteiger partial charge in [0, 0.05) is 12.1 Å². The third-order valence-electron chi connectivity index (χ3n) is 3.30. The molecule has 0 saturated carbocycles. The summed E-state index contributed by atoms with van der Waals surface area (Å²) in [6, 6.07) is 3.85. The molecule has 0 radical (unpaired) electrons. The van der Waals surface area contributed by atoms with E-state index in [9.17, 15) is 18.0 Å². The van der Waals surface area contributed by atoms with E-state index >= 15 is 0 Å². The van der Waals surface area contributed by atoms with Crippen LogP contribution in [0.3, 0.4) is 0 Å². The number of carbonyl (C=O) groups excluding carboxylic acids is 1. The number of aromatic nitrogens is 3. The standard InChI is InChI=1S/C15H17F3N4O/c1-3-7-22-9-19-21-13(22)10(2)20-14(23)11-5-4-6-12(8-11)15(16,17)18/h4-6,8-10H,3,7H2,1-2H3,(H,20,23)/t10-/m0/s1. The molecule has 0 unspecified atom stereocenters. The van der Waals surface area contributed by atoms with Crippen molar-refractivity contribution in [3.05, 3.63) is 47.5 Å². The van der Waals surface area contributed by atoms with Crippen molar-refractivity contribution in [1.82, 2.24) is 20.1 Å². The molecule has 1 atom stereocenters. The molecule has 1 aromatic carbocycles. The zero-order chi connectivity index (χ0) is 17.0. The lowest BCUT2D eigenvalue weighted by atomic mass is 10.1. The zero-order valence-electron chi connectivity index (χ0n) is 12.8. The van der Waals surface area contributed by atoms with Crippen molar-refractivity contribution < 1.29 is 18.0 Å². The highest BCUT2D eigenvalue weighted by Crippen LogP contribution is 2.29. The van der Waals surface area contributed by atoms with Crippen LogP contribution in [0.15, 0.2) is 30.6 Å². The molecule has 0 bridgehead atoms. The number of halogens is 3. The Morgan fingerprint density at radius 3 is 2.78 bits per heavy atom. The number of hydrogen-bond donors (Lipinski definition) is 1. The van der Waals surface area contributed by atoms with E-state index in [2.05, 4.69) is 15.5 Å². The van der Waals surface area contributed by atoms with Crippen LogP contribution in [0.4, 0.5) is 13.2 Å². The minimum absolute atomic E-state index is 0.0479. The molecule has 0 spiro atoms. The van der Waals surface area contributed by atoms with E-state index in [0.29, 0.717) is 12.4 Å². The van der Waals surface area contributed by atoms with Gasteiger partial charge in [0.25, 0.3) is 5.91 Å². The van der Waals surface area contributed by atoms with Crippen molar-refractivity contribution in [3.8, 4) is 0 Å². The predicted molar refractivity (Wildman–Crippen MR) is 77.6 cm³/mol. The van der Waals surface area contributed by atoms with Crippen LogP contribution >= 0.6 is 0 Å². The Hall–Kier alpha value is -2.38. The average Bonchev–Trinajstić information content (AvgIpc) is 2.95. The van der Waals surface area contributed by atoms with Crippen LogP contribution in [-0.4, -0.2) is 20.7 Å². The number of rotatable bonds is 5. The summed E-state index contributed by atoms with van der Waals surface area (Å²) in [6.07, 6.45) is -2.05. The quantitative estimate of drug-likeness (QED) is 0.918. The highest BCUT2D eigenvalue weighted by Gasteiger charge is 2.31. The molecule has 5 nitrogen and oxygen atoms in total. The SMILES string of the molecule is CCCn1cnnc1[C@H](C)NC(=O)c1cccc(C(F)(F)F)c1. The van der Waals surface area contributed by atoms with Crippen LogP contribution in [0.5, 0.6) is 0 Å². The second-order valence-corrected chi connectivity index (χ2v) is 5.16. The summed E-state index contributed by atoms with van der Waals surface area (Å²) in [5.41, 5.74) is -0.903. The Bertz CT molecular complexity index is 681. The molecule has 1 amide bonds. The Balaban J connectivity index is 2.14. The van der Waals surface area contributed by atoms with Gasteiger partial charge < -0.3 is 9.88 Å². The Labute approximate surface area is 131 Å². The van der Waals surface area contributed by atoms with Crippen LogP contribution in [0.2, 0.25) is 0 Å². The minimum atomic E-state index is -4.48. The van der Waals surface area contributed by atoms with E-state index in [1.54, 1.807) is 17.8 Å². The van der Waals surface area contributed by atoms with Gasteiger partial charge in [0.2, 0.25) is 0 Å². The van der Waals surface area contributed by atoms with Gasteiger partial charge in [-0.15, -0.1) is 10.2 Å². The summed E-state index contributed by atoms with van der Waals surface area (Å²) < 4.78 is 39.9. The van der Waals surface area contributed by atoms with Gasteiger partial charge in [0.05, 0.1) is 11.6 Å². The summed E-state index contributed by atoms with van der Waals surface area (Å²) in [6.45, 7) is 4.41. The predicted octanol–water partition coefficient (Wildman–Crippen LogP) is 3.20. The van der Waals surface area contributed by atoms with Crippen molar-refractivity contribution in [2.45, 2.75) is 39.0 Å². The fourth-order valence-electron chi connectivity index (χ4n) is 2.19. The van der Waals surface area contributed by atoms with Crippen molar-refractivity contribution in [3.63, 3.8) is 0 Å². The van der Waals surface area contributed by atoms with Gasteiger partial charge >= 0.3 is 6.18 Å². The number of alkyl halides is 3. The fourth-order valence-corrected chi connectivity index (χ4v) is 2.19. The van der Waals surface area contributed by atoms with Gasteiger partial charge in [-0.1, -0.05) is 13.0 Å². The third-order valence-corrected chi connectivity index (χ3v) is 3.30. The van der Waals surface area contributed by atoms with Crippen LogP contribution in [-0.2, 0) is 12.7 Å². The molecular formula is C15H17F3N4O. The van der Waals surface area contributed by atoms with Crippen molar-refractivity contribution in [2.75, 3.05) is 0 Å². The second-order valence-electron chi connectivity index (χ2n) is 5.16. The van der Waals surface area contributed by atoms with Gasteiger partial charge in [-0.05, 0) is 31.5 Å². The molecule has 0 aliphatic heterocycles. The first-order valence-corrected chi connectivity index (χ1v) is 7.18. The molecular weight excluding hydrogens is 309 g/mol. The maximum atomic E-state index is 12.7. The van der Waals surface area contributed by atoms with Gasteiger partial charge in [-0.3, -0.25) is 4.79 Å². The lowest BCUT2D eigenvalue weighted by Crippen LogP contribution is -2.29. The number of benzene rings is 1. The summed E-state index contributed by atoms with van der Waals surface area (Å²) in [4.78, 5) is 12.2. The molecule has 1 N–H and O–H groups in total. The highest BCUT2D eigenvalue weighted by molar-refractivity contribution is 5.94. The van der Waals surface area contributed by atoms with Gasteiger partial charge in [0.1, 0.15) is 6.33 Å². The number of amides is 1. The van der Waals surface area contributed by atoms with Crippen LogP contribution in [0, 0.1) is 0 Å². The Morgan fingerprint density at radius 1 is 1.39 bits per heavy atom. The van der Waals surface area contributed by atoms with Gasteiger partial charge in [-0.25, -0.2) is 0 Å². The zero-order valence-corrected chi connectivity index (χ0v) is 12.8. The van der Waals surface area contributed by atoms with Crippen molar-refractivity contribution in [1.29, 1.82) is 0 Å². The van der Waals surface area contributed by atoms with Gasteiger partial charge in [-0.2, -0.15) is 13.2 Å². The number of aryl methyl sites for hydroxylation is 1. The van der Waals surface area contributed by atoms with Crippen molar-refractivity contribution >= 4 is 5.91 Å². The molecule has 2 aromatic rings. The molecule has 2 rings (SSSR count). The molecule has 0 aliphatic rings. The van der Waals surface area contributed by atoms with Crippen LogP contribution in [0.1, 0.15) is 48.1 Å². The lowest BCUT2D eigenvalue weighted by Gasteiger charge is -2.15. The smallest absolute Gasteiger partial charge is 0.342 e. The average molecular weight is 326 g/mol. The van der Waals surface area contributed by atoms with E-state index in [1.165, 1.54) is 12.1 Å². The van der Waals surface area contributed by atoms with Crippen molar-refractivity contribution in [2.24, 2.45) is 0 Å². The molecule has 1 aromatic heterocycles. The summed E-state index contributed by atoms with van der Waals surface area (Å²) in [5.74, 6) is -0.0261. The van der Waals surface area contributed by atoms with Crippen LogP contribution in [0.25, 0.3) is 0 Å². The minimum Gasteiger partial charge on any atom is -0.342 e. The highest BCUT2D eigenvalue weighted by atomic mass is 19.4. The van der Waals surface area contributed by atoms with E-state index in [-0.39, 0.29) is 5.56 Å². The number of nitrogens with zero attached hydrogens (tertiary/aromatic N) is 3. The largest absolute Gasteiger partial charge is 0.416 e. The molecule has 8 heteroatoms. The molecule has 1 heterocycles. The van der Waals surface area contributed by atoms with Crippen LogP contribution < -0.4 is 5.32 Å². The monoisotopic (exact) mass is 326 g/mol. The second kappa shape index (κ2) is 6.80. The van der Waals surface area contributed by atoms with E-state index in [0.717, 1.165) is 18.6 Å². The van der Waals surface area contributed by atoms with E-state index in [1.807, 2.05) is 6.92 Å². The normalized spacial score (nSPS) is 12.9. The number of hydrogen-bond acceptors (Lipinski definition) is 3. The maximum Gasteiger partial charge on any atom is 0.416 e. The maximum absolute atomic E-state index is 12.7. The molecule has 0 fully saturated rings. The van der Waals surface area contributed by atoms with Gasteiger partial charge in [0.15, 0.2) is 5.82 Å². The molecule has 0 aliphatic carbocycles. The molecule has 124 valence electrons. The summed E-state index contributed by atoms with van der Waals surface area (Å²) in [7, 11) is 0. The first kappa shape index (κ1) is 17.0. The summed E-state index contributed by atoms with van der Waals surface area (Å²) in [5, 5.41) is 10.4. The lowest BCUT2D eigenvalue weighted by molar-refractivity contribution is -0.137. The molecule has 0 saturated heterocycles. The first-order chi connectivity index (χ1) is 10.8. The Kier molecular flexibility index (Phi) is 5.02. The Morgan fingerprint density at radius 2 is 2.13 bits per heavy atom.